The lowest BCUT2D eigenvalue weighted by molar-refractivity contribution is -0.120. The Balaban J connectivity index is 1.20. The Morgan fingerprint density at radius 1 is 0.569 bits per heavy atom. The van der Waals surface area contributed by atoms with Crippen LogP contribution in [-0.2, 0) is 33.9 Å². The van der Waals surface area contributed by atoms with Crippen LogP contribution in [0.5, 0.6) is 0 Å². The van der Waals surface area contributed by atoms with Crippen LogP contribution in [0.2, 0.25) is 0 Å². The average Bonchev–Trinajstić information content (AvgIpc) is 3.15. The molecule has 5 aromatic rings. The van der Waals surface area contributed by atoms with E-state index in [4.69, 9.17) is 9.47 Å². The molecule has 0 spiro atoms. The molecule has 8 nitrogen and oxygen atoms in total. The number of alkyl carbamates (subject to hydrolysis) is 2. The Bertz CT molecular complexity index is 1810. The standard InChI is InChI=1S/C41H39F2N3O5/c42-36-17-13-32(14-18-36)34-22-31(23-35(25-34)33-15-19-37(43)20-16-33)24-39(47)45-26-38(46-41(49)51-28-30-10-5-2-6-11-30)12-7-21-44-40(48)50-27-29-8-3-1-4-9-29/h1-6,8-11,13-20,22-23,25,38H,7,12,21,24,26-28H2,(H,44,48)(H,45,47)(H,46,49)/t38-/m0/s1. The molecule has 0 fully saturated rings. The van der Waals surface area contributed by atoms with Crippen LogP contribution < -0.4 is 16.0 Å². The Labute approximate surface area is 295 Å². The van der Waals surface area contributed by atoms with Crippen molar-refractivity contribution in [2.24, 2.45) is 0 Å². The second-order valence-electron chi connectivity index (χ2n) is 11.9. The molecule has 262 valence electrons. The van der Waals surface area contributed by atoms with Gasteiger partial charge in [-0.1, -0.05) is 97.1 Å². The van der Waals surface area contributed by atoms with E-state index in [1.165, 1.54) is 24.3 Å². The first kappa shape index (κ1) is 36.3. The zero-order valence-corrected chi connectivity index (χ0v) is 27.9. The summed E-state index contributed by atoms with van der Waals surface area (Å²) < 4.78 is 38.0. The van der Waals surface area contributed by atoms with E-state index in [1.807, 2.05) is 78.9 Å². The van der Waals surface area contributed by atoms with Crippen LogP contribution >= 0.6 is 0 Å². The minimum atomic E-state index is -0.635. The number of nitrogens with one attached hydrogen (secondary N) is 3. The van der Waals surface area contributed by atoms with Gasteiger partial charge >= 0.3 is 12.2 Å². The molecule has 0 aliphatic heterocycles. The number of rotatable bonds is 15. The Morgan fingerprint density at radius 3 is 1.61 bits per heavy atom. The van der Waals surface area contributed by atoms with Gasteiger partial charge in [0.15, 0.2) is 0 Å². The van der Waals surface area contributed by atoms with Crippen molar-refractivity contribution >= 4 is 18.1 Å². The van der Waals surface area contributed by atoms with E-state index >= 15 is 0 Å². The highest BCUT2D eigenvalue weighted by Crippen LogP contribution is 2.29. The molecule has 5 aromatic carbocycles. The lowest BCUT2D eigenvalue weighted by Crippen LogP contribution is -2.44. The van der Waals surface area contributed by atoms with Crippen LogP contribution in [0.4, 0.5) is 18.4 Å². The van der Waals surface area contributed by atoms with E-state index in [0.29, 0.717) is 24.9 Å². The van der Waals surface area contributed by atoms with E-state index in [1.54, 1.807) is 24.3 Å². The highest BCUT2D eigenvalue weighted by atomic mass is 19.1. The number of halogens is 2. The van der Waals surface area contributed by atoms with Gasteiger partial charge in [0.1, 0.15) is 24.8 Å². The molecule has 3 amide bonds. The minimum absolute atomic E-state index is 0.0171. The van der Waals surface area contributed by atoms with E-state index < -0.39 is 18.2 Å². The summed E-state index contributed by atoms with van der Waals surface area (Å²) in [5.74, 6) is -1.01. The molecular weight excluding hydrogens is 652 g/mol. The number of benzene rings is 5. The molecule has 0 aliphatic carbocycles. The number of carbonyl (C=O) groups is 3. The topological polar surface area (TPSA) is 106 Å². The second-order valence-corrected chi connectivity index (χ2v) is 11.9. The number of carbonyl (C=O) groups excluding carboxylic acids is 3. The molecule has 0 radical (unpaired) electrons. The Hall–Kier alpha value is -6.03. The number of amides is 3. The van der Waals surface area contributed by atoms with Crippen molar-refractivity contribution in [2.45, 2.75) is 38.5 Å². The first-order chi connectivity index (χ1) is 24.8. The highest BCUT2D eigenvalue weighted by Gasteiger charge is 2.16. The van der Waals surface area contributed by atoms with Gasteiger partial charge in [-0.15, -0.1) is 0 Å². The maximum atomic E-state index is 13.7. The van der Waals surface area contributed by atoms with Crippen molar-refractivity contribution in [3.8, 4) is 22.3 Å². The Morgan fingerprint density at radius 2 is 1.08 bits per heavy atom. The zero-order chi connectivity index (χ0) is 35.8. The third kappa shape index (κ3) is 12.1. The van der Waals surface area contributed by atoms with Gasteiger partial charge < -0.3 is 25.4 Å². The molecule has 0 aromatic heterocycles. The van der Waals surface area contributed by atoms with E-state index in [-0.39, 0.29) is 43.7 Å². The lowest BCUT2D eigenvalue weighted by Gasteiger charge is -2.20. The van der Waals surface area contributed by atoms with Crippen molar-refractivity contribution in [1.82, 2.24) is 16.0 Å². The molecule has 0 bridgehead atoms. The molecule has 1 atom stereocenters. The third-order valence-electron chi connectivity index (χ3n) is 8.00. The smallest absolute Gasteiger partial charge is 0.407 e. The summed E-state index contributed by atoms with van der Waals surface area (Å²) in [6.45, 7) is 0.636. The largest absolute Gasteiger partial charge is 0.445 e. The summed E-state index contributed by atoms with van der Waals surface area (Å²) in [7, 11) is 0. The van der Waals surface area contributed by atoms with Crippen LogP contribution in [0.3, 0.4) is 0 Å². The van der Waals surface area contributed by atoms with E-state index in [2.05, 4.69) is 16.0 Å². The summed E-state index contributed by atoms with van der Waals surface area (Å²) in [4.78, 5) is 38.2. The maximum Gasteiger partial charge on any atom is 0.407 e. The molecule has 3 N–H and O–H groups in total. The van der Waals surface area contributed by atoms with Gasteiger partial charge in [-0.05, 0) is 82.1 Å². The van der Waals surface area contributed by atoms with Crippen molar-refractivity contribution in [2.75, 3.05) is 13.1 Å². The highest BCUT2D eigenvalue weighted by molar-refractivity contribution is 5.81. The molecule has 0 unspecified atom stereocenters. The van der Waals surface area contributed by atoms with Gasteiger partial charge in [-0.2, -0.15) is 0 Å². The number of hydrogen-bond acceptors (Lipinski definition) is 5. The van der Waals surface area contributed by atoms with E-state index in [9.17, 15) is 23.2 Å². The summed E-state index contributed by atoms with van der Waals surface area (Å²) in [5, 5.41) is 8.46. The lowest BCUT2D eigenvalue weighted by atomic mass is 9.95. The first-order valence-corrected chi connectivity index (χ1v) is 16.6. The fourth-order valence-corrected chi connectivity index (χ4v) is 5.37. The van der Waals surface area contributed by atoms with Crippen LogP contribution in [0.25, 0.3) is 22.3 Å². The first-order valence-electron chi connectivity index (χ1n) is 16.6. The van der Waals surface area contributed by atoms with E-state index in [0.717, 1.165) is 33.4 Å². The van der Waals surface area contributed by atoms with Crippen LogP contribution in [0, 0.1) is 11.6 Å². The van der Waals surface area contributed by atoms with Crippen molar-refractivity contribution in [3.05, 3.63) is 156 Å². The second kappa shape index (κ2) is 18.7. The Kier molecular flexibility index (Phi) is 13.3. The summed E-state index contributed by atoms with van der Waals surface area (Å²) in [6.07, 6.45) is -0.260. The summed E-state index contributed by atoms with van der Waals surface area (Å²) in [6, 6.07) is 35.9. The van der Waals surface area contributed by atoms with Gasteiger partial charge in [-0.3, -0.25) is 4.79 Å². The maximum absolute atomic E-state index is 13.7. The predicted octanol–water partition coefficient (Wildman–Crippen LogP) is 7.96. The van der Waals surface area contributed by atoms with Crippen LogP contribution in [0.1, 0.15) is 29.5 Å². The molecule has 0 saturated carbocycles. The predicted molar refractivity (Wildman–Crippen MR) is 191 cm³/mol. The number of hydrogen-bond donors (Lipinski definition) is 3. The SMILES string of the molecule is O=C(Cc1cc(-c2ccc(F)cc2)cc(-c2ccc(F)cc2)c1)NC[C@H](CCCNC(=O)OCc1ccccc1)NC(=O)OCc1ccccc1. The van der Waals surface area contributed by atoms with Gasteiger partial charge in [0.05, 0.1) is 6.42 Å². The van der Waals surface area contributed by atoms with Crippen molar-refractivity contribution < 1.29 is 32.6 Å². The quantitative estimate of drug-likeness (QED) is 0.0967. The van der Waals surface area contributed by atoms with Crippen LogP contribution in [0.15, 0.2) is 127 Å². The molecule has 0 aliphatic rings. The normalized spacial score (nSPS) is 11.3. The molecule has 51 heavy (non-hydrogen) atoms. The molecule has 10 heteroatoms. The molecule has 5 rings (SSSR count). The van der Waals surface area contributed by atoms with Crippen molar-refractivity contribution in [3.63, 3.8) is 0 Å². The van der Waals surface area contributed by atoms with Crippen molar-refractivity contribution in [1.29, 1.82) is 0 Å². The molecule has 0 saturated heterocycles. The zero-order valence-electron chi connectivity index (χ0n) is 27.9. The minimum Gasteiger partial charge on any atom is -0.445 e. The van der Waals surface area contributed by atoms with Gasteiger partial charge in [0, 0.05) is 19.1 Å². The van der Waals surface area contributed by atoms with Gasteiger partial charge in [0.25, 0.3) is 0 Å². The monoisotopic (exact) mass is 691 g/mol. The van der Waals surface area contributed by atoms with Gasteiger partial charge in [-0.25, -0.2) is 18.4 Å². The third-order valence-corrected chi connectivity index (χ3v) is 8.00. The molecule has 0 heterocycles. The van der Waals surface area contributed by atoms with Gasteiger partial charge in [0.2, 0.25) is 5.91 Å². The molecular formula is C41H39F2N3O5. The summed E-state index contributed by atoms with van der Waals surface area (Å²) >= 11 is 0. The number of ether oxygens (including phenoxy) is 2. The fourth-order valence-electron chi connectivity index (χ4n) is 5.37. The van der Waals surface area contributed by atoms with Crippen LogP contribution in [-0.4, -0.2) is 37.2 Å². The average molecular weight is 692 g/mol. The fraction of sp³-hybridized carbons (Fsp3) is 0.195. The summed E-state index contributed by atoms with van der Waals surface area (Å²) in [5.41, 5.74) is 5.47.